The van der Waals surface area contributed by atoms with Gasteiger partial charge >= 0.3 is 5.97 Å². The quantitative estimate of drug-likeness (QED) is 0.791. The van der Waals surface area contributed by atoms with Gasteiger partial charge < -0.3 is 4.74 Å². The lowest BCUT2D eigenvalue weighted by Gasteiger charge is -2.37. The van der Waals surface area contributed by atoms with E-state index >= 15 is 0 Å². The number of carbonyl (C=O) groups is 1. The number of fused-ring (bicyclic) bond motifs is 5. The average molecular weight is 332 g/mol. The van der Waals surface area contributed by atoms with Gasteiger partial charge in [0.15, 0.2) is 0 Å². The lowest BCUT2D eigenvalue weighted by molar-refractivity contribution is -0.0682. The number of halogens is 1. The molecule has 2 aromatic heterocycles. The minimum absolute atomic E-state index is 0.186. The molecule has 120 valence electrons. The Morgan fingerprint density at radius 1 is 1.48 bits per heavy atom. The van der Waals surface area contributed by atoms with Crippen LogP contribution in [0.15, 0.2) is 24.5 Å². The second-order valence-electron chi connectivity index (χ2n) is 6.94. The third-order valence-electron chi connectivity index (χ3n) is 5.65. The monoisotopic (exact) mass is 331 g/mol. The van der Waals surface area contributed by atoms with Crippen molar-refractivity contribution in [2.75, 3.05) is 0 Å². The molecule has 2 aromatic rings. The molecule has 2 aliphatic rings. The van der Waals surface area contributed by atoms with E-state index in [-0.39, 0.29) is 5.41 Å². The van der Waals surface area contributed by atoms with Crippen molar-refractivity contribution < 1.29 is 9.53 Å². The molecule has 0 N–H and O–H groups in total. The summed E-state index contributed by atoms with van der Waals surface area (Å²) in [6.07, 6.45) is 5.06. The third kappa shape index (κ3) is 1.71. The second kappa shape index (κ2) is 4.57. The zero-order valence-electron chi connectivity index (χ0n) is 13.3. The van der Waals surface area contributed by atoms with Crippen molar-refractivity contribution >= 4 is 17.6 Å². The molecule has 5 nitrogen and oxygen atoms in total. The van der Waals surface area contributed by atoms with Crippen LogP contribution in [0.4, 0.5) is 0 Å². The summed E-state index contributed by atoms with van der Waals surface area (Å²) in [7, 11) is 1.70. The second-order valence-corrected chi connectivity index (χ2v) is 7.30. The lowest BCUT2D eigenvalue weighted by Crippen LogP contribution is -2.39. The number of rotatable bonds is 2. The molecule has 23 heavy (non-hydrogen) atoms. The molecule has 2 bridgehead atoms. The molecule has 0 saturated heterocycles. The molecule has 1 saturated carbocycles. The van der Waals surface area contributed by atoms with E-state index in [0.717, 1.165) is 24.1 Å². The average Bonchev–Trinajstić information content (AvgIpc) is 3.05. The highest BCUT2D eigenvalue weighted by atomic mass is 35.5. The van der Waals surface area contributed by atoms with E-state index in [2.05, 4.69) is 23.9 Å². The van der Waals surface area contributed by atoms with Crippen LogP contribution >= 0.6 is 11.6 Å². The number of ether oxygens (including phenoxy) is 1. The van der Waals surface area contributed by atoms with Gasteiger partial charge in [-0.1, -0.05) is 31.5 Å². The standard InChI is InChI=1S/C17H18ClN3O2/c1-16(2)11-6-7-17(16,12-5-4-8-19-13(11)12)23-15(22)10-9-20-21(3)14(10)18/h4-5,8-9,11H,6-7H2,1-3H3. The lowest BCUT2D eigenvalue weighted by atomic mass is 9.76. The van der Waals surface area contributed by atoms with E-state index in [9.17, 15) is 4.79 Å². The predicted octanol–water partition coefficient (Wildman–Crippen LogP) is 3.44. The molecule has 6 heteroatoms. The maximum absolute atomic E-state index is 12.7. The summed E-state index contributed by atoms with van der Waals surface area (Å²) in [5.74, 6) is -0.107. The highest BCUT2D eigenvalue weighted by Crippen LogP contribution is 2.67. The Hall–Kier alpha value is -1.88. The maximum atomic E-state index is 12.7. The van der Waals surface area contributed by atoms with Gasteiger partial charge in [0.05, 0.1) is 11.9 Å². The van der Waals surface area contributed by atoms with Crippen molar-refractivity contribution in [1.82, 2.24) is 14.8 Å². The number of carbonyl (C=O) groups excluding carboxylic acids is 1. The summed E-state index contributed by atoms with van der Waals surface area (Å²) in [5, 5.41) is 4.32. The van der Waals surface area contributed by atoms with Crippen LogP contribution in [0.1, 0.15) is 54.2 Å². The number of pyridine rings is 1. The molecule has 2 atom stereocenters. The van der Waals surface area contributed by atoms with E-state index in [1.165, 1.54) is 10.9 Å². The normalized spacial score (nSPS) is 27.0. The van der Waals surface area contributed by atoms with Crippen molar-refractivity contribution in [3.63, 3.8) is 0 Å². The fourth-order valence-corrected chi connectivity index (χ4v) is 4.49. The molecule has 1 fully saturated rings. The molecular formula is C17H18ClN3O2. The van der Waals surface area contributed by atoms with Gasteiger partial charge in [0, 0.05) is 30.1 Å². The molecule has 4 rings (SSSR count). The SMILES string of the molecule is Cn1ncc(C(=O)OC23CCC(c4ncccc42)C3(C)C)c1Cl. The summed E-state index contributed by atoms with van der Waals surface area (Å²) in [6.45, 7) is 4.31. The number of hydrogen-bond donors (Lipinski definition) is 0. The summed E-state index contributed by atoms with van der Waals surface area (Å²) in [5.41, 5.74) is 1.58. The first-order valence-electron chi connectivity index (χ1n) is 7.75. The van der Waals surface area contributed by atoms with Crippen molar-refractivity contribution in [2.45, 2.75) is 38.2 Å². The number of hydrogen-bond acceptors (Lipinski definition) is 4. The highest BCUT2D eigenvalue weighted by molar-refractivity contribution is 6.32. The minimum Gasteiger partial charge on any atom is -0.450 e. The van der Waals surface area contributed by atoms with E-state index in [4.69, 9.17) is 16.3 Å². The van der Waals surface area contributed by atoms with Gasteiger partial charge in [0.25, 0.3) is 0 Å². The maximum Gasteiger partial charge on any atom is 0.343 e. The van der Waals surface area contributed by atoms with Crippen LogP contribution in [-0.2, 0) is 17.4 Å². The fraction of sp³-hybridized carbons (Fsp3) is 0.471. The number of aromatic nitrogens is 3. The molecule has 0 amide bonds. The first kappa shape index (κ1) is 14.7. The van der Waals surface area contributed by atoms with Gasteiger partial charge in [0.1, 0.15) is 16.3 Å². The van der Waals surface area contributed by atoms with Crippen molar-refractivity contribution in [3.05, 3.63) is 46.5 Å². The predicted molar refractivity (Wildman–Crippen MR) is 85.3 cm³/mol. The smallest absolute Gasteiger partial charge is 0.343 e. The van der Waals surface area contributed by atoms with Crippen molar-refractivity contribution in [2.24, 2.45) is 12.5 Å². The van der Waals surface area contributed by atoms with Crippen LogP contribution in [0.2, 0.25) is 5.15 Å². The fourth-order valence-electron chi connectivity index (χ4n) is 4.32. The van der Waals surface area contributed by atoms with Crippen LogP contribution in [0.5, 0.6) is 0 Å². The van der Waals surface area contributed by atoms with Gasteiger partial charge in [0.2, 0.25) is 0 Å². The number of aryl methyl sites for hydroxylation is 1. The Bertz CT molecular complexity index is 814. The van der Waals surface area contributed by atoms with Crippen LogP contribution in [0.25, 0.3) is 0 Å². The van der Waals surface area contributed by atoms with E-state index in [0.29, 0.717) is 16.6 Å². The number of nitrogens with zero attached hydrogens (tertiary/aromatic N) is 3. The largest absolute Gasteiger partial charge is 0.450 e. The number of esters is 1. The Morgan fingerprint density at radius 2 is 2.26 bits per heavy atom. The first-order valence-corrected chi connectivity index (χ1v) is 8.12. The Kier molecular flexibility index (Phi) is 2.92. The summed E-state index contributed by atoms with van der Waals surface area (Å²) >= 11 is 6.15. The molecule has 0 radical (unpaired) electrons. The zero-order valence-corrected chi connectivity index (χ0v) is 14.1. The van der Waals surface area contributed by atoms with Gasteiger partial charge in [-0.05, 0) is 18.9 Å². The third-order valence-corrected chi connectivity index (χ3v) is 6.10. The minimum atomic E-state index is -0.641. The van der Waals surface area contributed by atoms with Crippen LogP contribution in [-0.4, -0.2) is 20.7 Å². The van der Waals surface area contributed by atoms with Gasteiger partial charge in [-0.15, -0.1) is 0 Å². The van der Waals surface area contributed by atoms with E-state index in [1.54, 1.807) is 7.05 Å². The molecule has 0 aromatic carbocycles. The zero-order chi connectivity index (χ0) is 16.4. The van der Waals surface area contributed by atoms with Crippen LogP contribution in [0.3, 0.4) is 0 Å². The van der Waals surface area contributed by atoms with Crippen molar-refractivity contribution in [1.29, 1.82) is 0 Å². The Balaban J connectivity index is 1.78. The summed E-state index contributed by atoms with van der Waals surface area (Å²) in [4.78, 5) is 17.3. The molecule has 2 unspecified atom stereocenters. The molecule has 2 aliphatic carbocycles. The summed E-state index contributed by atoms with van der Waals surface area (Å²) in [6, 6.07) is 3.93. The molecule has 0 aliphatic heterocycles. The van der Waals surface area contributed by atoms with Crippen molar-refractivity contribution in [3.8, 4) is 0 Å². The molecule has 2 heterocycles. The topological polar surface area (TPSA) is 57.0 Å². The van der Waals surface area contributed by atoms with Gasteiger partial charge in [-0.3, -0.25) is 9.67 Å². The van der Waals surface area contributed by atoms with E-state index in [1.807, 2.05) is 18.3 Å². The molecular weight excluding hydrogens is 314 g/mol. The first-order chi connectivity index (χ1) is 10.9. The Morgan fingerprint density at radius 3 is 2.96 bits per heavy atom. The Labute approximate surface area is 139 Å². The van der Waals surface area contributed by atoms with E-state index < -0.39 is 11.6 Å². The van der Waals surface area contributed by atoms with Crippen LogP contribution in [0, 0.1) is 5.41 Å². The van der Waals surface area contributed by atoms with Crippen LogP contribution < -0.4 is 0 Å². The highest BCUT2D eigenvalue weighted by Gasteiger charge is 2.65. The summed E-state index contributed by atoms with van der Waals surface area (Å²) < 4.78 is 7.56. The van der Waals surface area contributed by atoms with Gasteiger partial charge in [-0.25, -0.2) is 4.79 Å². The van der Waals surface area contributed by atoms with Gasteiger partial charge in [-0.2, -0.15) is 5.10 Å². The molecule has 0 spiro atoms.